The number of anilines is 2. The van der Waals surface area contributed by atoms with E-state index in [0.717, 1.165) is 6.26 Å². The van der Waals surface area contributed by atoms with Gasteiger partial charge in [-0.05, 0) is 50.3 Å². The van der Waals surface area contributed by atoms with Gasteiger partial charge < -0.3 is 15.8 Å². The fourth-order valence-corrected chi connectivity index (χ4v) is 5.85. The zero-order chi connectivity index (χ0) is 23.8. The Balaban J connectivity index is 1.56. The van der Waals surface area contributed by atoms with Gasteiger partial charge in [0.15, 0.2) is 0 Å². The van der Waals surface area contributed by atoms with Gasteiger partial charge in [0.25, 0.3) is 5.91 Å². The van der Waals surface area contributed by atoms with E-state index in [1.165, 1.54) is 29.8 Å². The summed E-state index contributed by atoms with van der Waals surface area (Å²) < 4.78 is 45.7. The lowest BCUT2D eigenvalue weighted by atomic mass is 9.93. The molecule has 2 heterocycles. The third kappa shape index (κ3) is 5.40. The molecule has 33 heavy (non-hydrogen) atoms. The molecule has 1 aromatic carbocycles. The number of nitrogens with one attached hydrogen (secondary N) is 2. The highest BCUT2D eigenvalue weighted by molar-refractivity contribution is 7.88. The van der Waals surface area contributed by atoms with Gasteiger partial charge in [0.05, 0.1) is 28.3 Å². The van der Waals surface area contributed by atoms with Crippen LogP contribution in [0, 0.1) is 12.7 Å². The molecule has 4 N–H and O–H groups in total. The number of halogens is 1. The standard InChI is InChI=1S/C21H24FN5O4S2/c1-11-17-20(24-10-25-21(17)32-18(11)19(23)28)26-15-8-3-12(22)9-16(15)31-14-6-4-13(5-7-14)27-33(2,29)30/h3,8-10,13-14,27H,4-7H2,1-2H3,(H2,23,28)(H,24,25,26)/t13-,14-. The first kappa shape index (κ1) is 23.3. The number of aromatic nitrogens is 2. The van der Waals surface area contributed by atoms with E-state index < -0.39 is 21.7 Å². The van der Waals surface area contributed by atoms with Crippen LogP contribution in [0.1, 0.15) is 40.9 Å². The first-order valence-corrected chi connectivity index (χ1v) is 13.1. The second-order valence-electron chi connectivity index (χ2n) is 8.07. The Kier molecular flexibility index (Phi) is 6.50. The van der Waals surface area contributed by atoms with Gasteiger partial charge in [-0.3, -0.25) is 4.79 Å². The molecule has 0 unspecified atom stereocenters. The van der Waals surface area contributed by atoms with Crippen LogP contribution in [0.15, 0.2) is 24.5 Å². The van der Waals surface area contributed by atoms with Crippen LogP contribution in [0.4, 0.5) is 15.9 Å². The van der Waals surface area contributed by atoms with Crippen molar-refractivity contribution in [3.63, 3.8) is 0 Å². The smallest absolute Gasteiger partial charge is 0.259 e. The van der Waals surface area contributed by atoms with Crippen LogP contribution < -0.4 is 20.5 Å². The molecular weight excluding hydrogens is 469 g/mol. The quantitative estimate of drug-likeness (QED) is 0.460. The molecule has 0 bridgehead atoms. The minimum atomic E-state index is -3.26. The highest BCUT2D eigenvalue weighted by Crippen LogP contribution is 2.37. The van der Waals surface area contributed by atoms with Crippen molar-refractivity contribution in [1.82, 2.24) is 14.7 Å². The van der Waals surface area contributed by atoms with Crippen molar-refractivity contribution < 1.29 is 22.3 Å². The molecule has 9 nitrogen and oxygen atoms in total. The van der Waals surface area contributed by atoms with Crippen molar-refractivity contribution in [2.45, 2.75) is 44.8 Å². The Morgan fingerprint density at radius 3 is 2.64 bits per heavy atom. The van der Waals surface area contributed by atoms with Crippen LogP contribution in [-0.2, 0) is 10.0 Å². The summed E-state index contributed by atoms with van der Waals surface area (Å²) >= 11 is 1.19. The Morgan fingerprint density at radius 1 is 1.24 bits per heavy atom. The first-order chi connectivity index (χ1) is 15.6. The van der Waals surface area contributed by atoms with E-state index in [4.69, 9.17) is 10.5 Å². The number of hydrogen-bond donors (Lipinski definition) is 3. The lowest BCUT2D eigenvalue weighted by Crippen LogP contribution is -2.39. The van der Waals surface area contributed by atoms with Crippen LogP contribution in [0.3, 0.4) is 0 Å². The number of carbonyl (C=O) groups is 1. The molecule has 176 valence electrons. The average Bonchev–Trinajstić information content (AvgIpc) is 3.08. The normalized spacial score (nSPS) is 18.9. The maximum atomic E-state index is 14.0. The molecule has 1 saturated carbocycles. The average molecular weight is 494 g/mol. The summed E-state index contributed by atoms with van der Waals surface area (Å²) in [6.07, 6.45) is 4.87. The minimum absolute atomic E-state index is 0.125. The minimum Gasteiger partial charge on any atom is -0.488 e. The molecule has 1 amide bonds. The summed E-state index contributed by atoms with van der Waals surface area (Å²) in [5.41, 5.74) is 6.66. The first-order valence-electron chi connectivity index (χ1n) is 10.3. The summed E-state index contributed by atoms with van der Waals surface area (Å²) in [7, 11) is -3.26. The number of thiophene rings is 1. The highest BCUT2D eigenvalue weighted by atomic mass is 32.2. The predicted octanol–water partition coefficient (Wildman–Crippen LogP) is 3.22. The highest BCUT2D eigenvalue weighted by Gasteiger charge is 2.25. The number of benzene rings is 1. The van der Waals surface area contributed by atoms with Crippen LogP contribution in [0.2, 0.25) is 0 Å². The number of amides is 1. The van der Waals surface area contributed by atoms with Gasteiger partial charge in [0.2, 0.25) is 10.0 Å². The maximum absolute atomic E-state index is 14.0. The Morgan fingerprint density at radius 2 is 1.97 bits per heavy atom. The van der Waals surface area contributed by atoms with Crippen LogP contribution in [-0.4, -0.2) is 42.7 Å². The van der Waals surface area contributed by atoms with Crippen LogP contribution >= 0.6 is 11.3 Å². The number of carbonyl (C=O) groups excluding carboxylic acids is 1. The summed E-state index contributed by atoms with van der Waals surface area (Å²) in [6.45, 7) is 1.78. The van der Waals surface area contributed by atoms with Gasteiger partial charge in [-0.15, -0.1) is 11.3 Å². The summed E-state index contributed by atoms with van der Waals surface area (Å²) in [5.74, 6) is -0.199. The number of hydrogen-bond acceptors (Lipinski definition) is 8. The van der Waals surface area contributed by atoms with Gasteiger partial charge in [0.1, 0.15) is 28.5 Å². The molecule has 0 saturated heterocycles. The largest absolute Gasteiger partial charge is 0.488 e. The second-order valence-corrected chi connectivity index (χ2v) is 10.8. The van der Waals surface area contributed by atoms with Crippen LogP contribution in [0.25, 0.3) is 10.2 Å². The van der Waals surface area contributed by atoms with Crippen LogP contribution in [0.5, 0.6) is 5.75 Å². The lowest BCUT2D eigenvalue weighted by Gasteiger charge is -2.29. The fourth-order valence-electron chi connectivity index (χ4n) is 4.01. The summed E-state index contributed by atoms with van der Waals surface area (Å²) in [5, 5.41) is 3.85. The SMILES string of the molecule is Cc1c(C(N)=O)sc2ncnc(Nc3ccc(F)cc3O[C@H]3CC[C@H](NS(C)(=O)=O)CC3)c12. The molecular formula is C21H24FN5O4S2. The third-order valence-electron chi connectivity index (χ3n) is 5.50. The number of primary amides is 1. The third-order valence-corrected chi connectivity index (χ3v) is 7.47. The molecule has 12 heteroatoms. The van der Waals surface area contributed by atoms with E-state index in [2.05, 4.69) is 20.0 Å². The van der Waals surface area contributed by atoms with Crippen molar-refractivity contribution >= 4 is 49.0 Å². The van der Waals surface area contributed by atoms with E-state index >= 15 is 0 Å². The second kappa shape index (κ2) is 9.20. The van der Waals surface area contributed by atoms with Gasteiger partial charge in [-0.25, -0.2) is 27.5 Å². The maximum Gasteiger partial charge on any atom is 0.259 e. The zero-order valence-corrected chi connectivity index (χ0v) is 19.7. The molecule has 1 fully saturated rings. The number of aryl methyl sites for hydroxylation is 1. The molecule has 4 rings (SSSR count). The zero-order valence-electron chi connectivity index (χ0n) is 18.1. The molecule has 1 aliphatic rings. The van der Waals surface area contributed by atoms with Crippen molar-refractivity contribution in [1.29, 1.82) is 0 Å². The Labute approximate surface area is 194 Å². The van der Waals surface area contributed by atoms with Crippen molar-refractivity contribution in [3.8, 4) is 5.75 Å². The number of rotatable bonds is 7. The van der Waals surface area contributed by atoms with E-state index in [1.54, 1.807) is 13.0 Å². The number of ether oxygens (including phenoxy) is 1. The van der Waals surface area contributed by atoms with Gasteiger partial charge in [-0.2, -0.15) is 0 Å². The van der Waals surface area contributed by atoms with E-state index in [0.29, 0.717) is 63.6 Å². The monoisotopic (exact) mass is 493 g/mol. The Hall–Kier alpha value is -2.83. The Bertz CT molecular complexity index is 1300. The number of nitrogens with two attached hydrogens (primary N) is 1. The lowest BCUT2D eigenvalue weighted by molar-refractivity contribution is 0.100. The van der Waals surface area contributed by atoms with E-state index in [1.807, 2.05) is 0 Å². The molecule has 3 aromatic rings. The number of fused-ring (bicyclic) bond motifs is 1. The van der Waals surface area contributed by atoms with E-state index in [-0.39, 0.29) is 12.1 Å². The van der Waals surface area contributed by atoms with Crippen molar-refractivity contribution in [3.05, 3.63) is 40.8 Å². The topological polar surface area (TPSA) is 136 Å². The molecule has 0 atom stereocenters. The summed E-state index contributed by atoms with van der Waals surface area (Å²) in [4.78, 5) is 21.3. The van der Waals surface area contributed by atoms with Crippen molar-refractivity contribution in [2.24, 2.45) is 5.73 Å². The molecule has 0 radical (unpaired) electrons. The number of nitrogens with zero attached hydrogens (tertiary/aromatic N) is 2. The molecule has 1 aliphatic carbocycles. The molecule has 0 spiro atoms. The van der Waals surface area contributed by atoms with Gasteiger partial charge in [0, 0.05) is 12.1 Å². The fraction of sp³-hybridized carbons (Fsp3) is 0.381. The van der Waals surface area contributed by atoms with Crippen molar-refractivity contribution in [2.75, 3.05) is 11.6 Å². The predicted molar refractivity (Wildman–Crippen MR) is 125 cm³/mol. The summed E-state index contributed by atoms with van der Waals surface area (Å²) in [6, 6.07) is 4.05. The van der Waals surface area contributed by atoms with Gasteiger partial charge >= 0.3 is 0 Å². The molecule has 2 aromatic heterocycles. The van der Waals surface area contributed by atoms with Gasteiger partial charge in [-0.1, -0.05) is 0 Å². The molecule has 0 aliphatic heterocycles. The van der Waals surface area contributed by atoms with E-state index in [9.17, 15) is 17.6 Å². The number of sulfonamides is 1.